The van der Waals surface area contributed by atoms with Gasteiger partial charge < -0.3 is 10.1 Å². The molecule has 2 rings (SSSR count). The first kappa shape index (κ1) is 12.6. The summed E-state index contributed by atoms with van der Waals surface area (Å²) in [6.07, 6.45) is 2.69. The minimum absolute atomic E-state index is 0.0357. The van der Waals surface area contributed by atoms with Crippen molar-refractivity contribution < 1.29 is 4.74 Å². The second kappa shape index (κ2) is 6.77. The van der Waals surface area contributed by atoms with E-state index in [-0.39, 0.29) is 6.10 Å². The second-order valence-corrected chi connectivity index (χ2v) is 4.08. The van der Waals surface area contributed by atoms with Gasteiger partial charge in [0.15, 0.2) is 0 Å². The highest BCUT2D eigenvalue weighted by Crippen LogP contribution is 2.22. The lowest BCUT2D eigenvalue weighted by molar-refractivity contribution is 0.187. The largest absolute Gasteiger partial charge is 0.469 e. The van der Waals surface area contributed by atoms with Gasteiger partial charge in [-0.1, -0.05) is 36.4 Å². The zero-order chi connectivity index (χ0) is 12.6. The molecule has 0 aliphatic heterocycles. The first-order valence-electron chi connectivity index (χ1n) is 6.17. The Bertz CT molecular complexity index is 445. The normalized spacial score (nSPS) is 12.1. The molecule has 94 valence electrons. The number of hydrogen-bond donors (Lipinski definition) is 1. The molecule has 0 saturated heterocycles. The van der Waals surface area contributed by atoms with Crippen molar-refractivity contribution in [3.05, 3.63) is 60.3 Å². The summed E-state index contributed by atoms with van der Waals surface area (Å²) in [4.78, 5) is 4.21. The van der Waals surface area contributed by atoms with Gasteiger partial charge in [0.25, 0.3) is 0 Å². The lowest BCUT2D eigenvalue weighted by Gasteiger charge is -2.18. The molecule has 3 nitrogen and oxygen atoms in total. The van der Waals surface area contributed by atoms with Crippen molar-refractivity contribution in [1.82, 2.24) is 10.3 Å². The number of nitrogens with zero attached hydrogens (tertiary/aromatic N) is 1. The van der Waals surface area contributed by atoms with E-state index in [0.717, 1.165) is 13.0 Å². The van der Waals surface area contributed by atoms with E-state index in [1.165, 1.54) is 5.56 Å². The summed E-state index contributed by atoms with van der Waals surface area (Å²) in [5.41, 5.74) is 1.18. The van der Waals surface area contributed by atoms with Gasteiger partial charge in [-0.05, 0) is 25.2 Å². The Hall–Kier alpha value is -1.87. The Morgan fingerprint density at radius 1 is 1.11 bits per heavy atom. The molecule has 3 heteroatoms. The molecule has 0 aliphatic carbocycles. The number of nitrogens with one attached hydrogen (secondary N) is 1. The van der Waals surface area contributed by atoms with E-state index in [2.05, 4.69) is 22.4 Å². The fourth-order valence-corrected chi connectivity index (χ4v) is 1.80. The van der Waals surface area contributed by atoms with Gasteiger partial charge in [-0.2, -0.15) is 0 Å². The minimum atomic E-state index is 0.0357. The fourth-order valence-electron chi connectivity index (χ4n) is 1.80. The molecule has 0 amide bonds. The van der Waals surface area contributed by atoms with E-state index < -0.39 is 0 Å². The molecular weight excluding hydrogens is 224 g/mol. The lowest BCUT2D eigenvalue weighted by Crippen LogP contribution is -2.16. The van der Waals surface area contributed by atoms with Crippen LogP contribution >= 0.6 is 0 Å². The number of ether oxygens (including phenoxy) is 1. The third-order valence-corrected chi connectivity index (χ3v) is 2.73. The van der Waals surface area contributed by atoms with Gasteiger partial charge >= 0.3 is 0 Å². The molecule has 1 heterocycles. The van der Waals surface area contributed by atoms with Crippen LogP contribution in [0.1, 0.15) is 18.1 Å². The molecule has 1 unspecified atom stereocenters. The molecule has 2 aromatic rings. The van der Waals surface area contributed by atoms with E-state index in [4.69, 9.17) is 4.74 Å². The van der Waals surface area contributed by atoms with Gasteiger partial charge in [-0.3, -0.25) is 0 Å². The molecular formula is C15H18N2O. The van der Waals surface area contributed by atoms with Crippen LogP contribution in [0.2, 0.25) is 0 Å². The molecule has 1 aromatic heterocycles. The Morgan fingerprint density at radius 3 is 2.56 bits per heavy atom. The van der Waals surface area contributed by atoms with E-state index in [1.807, 2.05) is 43.4 Å². The van der Waals surface area contributed by atoms with Crippen LogP contribution in [0.15, 0.2) is 54.7 Å². The molecule has 0 spiro atoms. The van der Waals surface area contributed by atoms with Crippen LogP contribution in [-0.4, -0.2) is 18.6 Å². The third-order valence-electron chi connectivity index (χ3n) is 2.73. The van der Waals surface area contributed by atoms with Crippen molar-refractivity contribution >= 4 is 0 Å². The van der Waals surface area contributed by atoms with Crippen LogP contribution in [-0.2, 0) is 0 Å². The maximum absolute atomic E-state index is 5.95. The number of aromatic nitrogens is 1. The minimum Gasteiger partial charge on any atom is -0.469 e. The summed E-state index contributed by atoms with van der Waals surface area (Å²) >= 11 is 0. The van der Waals surface area contributed by atoms with E-state index in [0.29, 0.717) is 5.88 Å². The van der Waals surface area contributed by atoms with Crippen molar-refractivity contribution in [2.24, 2.45) is 0 Å². The van der Waals surface area contributed by atoms with Gasteiger partial charge in [-0.25, -0.2) is 4.98 Å². The second-order valence-electron chi connectivity index (χ2n) is 4.08. The van der Waals surface area contributed by atoms with Crippen LogP contribution in [0.4, 0.5) is 0 Å². The van der Waals surface area contributed by atoms with Gasteiger partial charge in [-0.15, -0.1) is 0 Å². The molecule has 0 bridgehead atoms. The maximum atomic E-state index is 5.95. The summed E-state index contributed by atoms with van der Waals surface area (Å²) in [5, 5.41) is 3.15. The summed E-state index contributed by atoms with van der Waals surface area (Å²) < 4.78 is 5.95. The number of pyridine rings is 1. The summed E-state index contributed by atoms with van der Waals surface area (Å²) in [5.74, 6) is 0.669. The predicted molar refractivity (Wildman–Crippen MR) is 72.6 cm³/mol. The molecule has 0 saturated carbocycles. The van der Waals surface area contributed by atoms with E-state index >= 15 is 0 Å². The molecule has 0 aliphatic rings. The predicted octanol–water partition coefficient (Wildman–Crippen LogP) is 2.81. The van der Waals surface area contributed by atoms with Gasteiger partial charge in [0.2, 0.25) is 5.88 Å². The average Bonchev–Trinajstić information content (AvgIpc) is 2.45. The van der Waals surface area contributed by atoms with Crippen molar-refractivity contribution in [3.8, 4) is 5.88 Å². The molecule has 0 radical (unpaired) electrons. The quantitative estimate of drug-likeness (QED) is 0.845. The monoisotopic (exact) mass is 242 g/mol. The van der Waals surface area contributed by atoms with E-state index in [9.17, 15) is 0 Å². The standard InChI is InChI=1S/C15H18N2O/c1-16-12-10-14(13-7-3-2-4-8-13)18-15-9-5-6-11-17-15/h2-9,11,14,16H,10,12H2,1H3. The smallest absolute Gasteiger partial charge is 0.213 e. The fraction of sp³-hybridized carbons (Fsp3) is 0.267. The van der Waals surface area contributed by atoms with Crippen molar-refractivity contribution in [2.45, 2.75) is 12.5 Å². The Morgan fingerprint density at radius 2 is 1.89 bits per heavy atom. The summed E-state index contributed by atoms with van der Waals surface area (Å²) in [6, 6.07) is 16.0. The molecule has 0 fully saturated rings. The first-order chi connectivity index (χ1) is 8.90. The SMILES string of the molecule is CNCCC(Oc1ccccn1)c1ccccc1. The Kier molecular flexibility index (Phi) is 4.73. The van der Waals surface area contributed by atoms with Crippen molar-refractivity contribution in [3.63, 3.8) is 0 Å². The third kappa shape index (κ3) is 3.57. The molecule has 1 aromatic carbocycles. The van der Waals surface area contributed by atoms with Crippen molar-refractivity contribution in [2.75, 3.05) is 13.6 Å². The van der Waals surface area contributed by atoms with Gasteiger partial charge in [0.05, 0.1) is 0 Å². The molecule has 1 N–H and O–H groups in total. The topological polar surface area (TPSA) is 34.1 Å². The number of hydrogen-bond acceptors (Lipinski definition) is 3. The zero-order valence-electron chi connectivity index (χ0n) is 10.5. The Labute approximate surface area is 108 Å². The summed E-state index contributed by atoms with van der Waals surface area (Å²) in [6.45, 7) is 0.909. The molecule has 18 heavy (non-hydrogen) atoms. The lowest BCUT2D eigenvalue weighted by atomic mass is 10.1. The van der Waals surface area contributed by atoms with Crippen LogP contribution in [0.25, 0.3) is 0 Å². The Balaban J connectivity index is 2.10. The van der Waals surface area contributed by atoms with Crippen LogP contribution in [0.5, 0.6) is 5.88 Å². The highest BCUT2D eigenvalue weighted by atomic mass is 16.5. The maximum Gasteiger partial charge on any atom is 0.213 e. The number of rotatable bonds is 6. The number of benzene rings is 1. The first-order valence-corrected chi connectivity index (χ1v) is 6.17. The van der Waals surface area contributed by atoms with Crippen LogP contribution in [0.3, 0.4) is 0 Å². The van der Waals surface area contributed by atoms with Crippen LogP contribution < -0.4 is 10.1 Å². The summed E-state index contributed by atoms with van der Waals surface area (Å²) in [7, 11) is 1.95. The van der Waals surface area contributed by atoms with E-state index in [1.54, 1.807) is 6.20 Å². The van der Waals surface area contributed by atoms with Crippen LogP contribution in [0, 0.1) is 0 Å². The average molecular weight is 242 g/mol. The van der Waals surface area contributed by atoms with Crippen molar-refractivity contribution in [1.29, 1.82) is 0 Å². The molecule has 1 atom stereocenters. The zero-order valence-corrected chi connectivity index (χ0v) is 10.5. The highest BCUT2D eigenvalue weighted by Gasteiger charge is 2.12. The highest BCUT2D eigenvalue weighted by molar-refractivity contribution is 5.20. The van der Waals surface area contributed by atoms with Gasteiger partial charge in [0, 0.05) is 18.7 Å². The van der Waals surface area contributed by atoms with Gasteiger partial charge in [0.1, 0.15) is 6.10 Å².